The van der Waals surface area contributed by atoms with Gasteiger partial charge >= 0.3 is 0 Å². The number of rotatable bonds is 10. The fourth-order valence-electron chi connectivity index (χ4n) is 3.10. The molecular weight excluding hydrogens is 238 g/mol. The molecule has 0 aliphatic heterocycles. The van der Waals surface area contributed by atoms with Crippen LogP contribution in [-0.4, -0.2) is 42.0 Å². The first-order chi connectivity index (χ1) is 9.14. The van der Waals surface area contributed by atoms with Crippen LogP contribution in [0.25, 0.3) is 0 Å². The Balaban J connectivity index is 2.05. The first-order valence-electron chi connectivity index (χ1n) is 7.93. The van der Waals surface area contributed by atoms with Crippen LogP contribution in [0.2, 0.25) is 0 Å². The third kappa shape index (κ3) is 3.48. The van der Waals surface area contributed by atoms with Gasteiger partial charge in [0.15, 0.2) is 0 Å². The summed E-state index contributed by atoms with van der Waals surface area (Å²) in [5.41, 5.74) is 5.29. The Morgan fingerprint density at radius 2 is 2.00 bits per heavy atom. The van der Waals surface area contributed by atoms with Crippen LogP contribution in [0.1, 0.15) is 52.4 Å². The summed E-state index contributed by atoms with van der Waals surface area (Å²) in [4.78, 5) is 14.6. The fraction of sp³-hybridized carbons (Fsp3) is 0.933. The van der Waals surface area contributed by atoms with Crippen molar-refractivity contribution in [2.75, 3.05) is 19.6 Å². The van der Waals surface area contributed by atoms with Gasteiger partial charge in [0.05, 0.1) is 0 Å². The van der Waals surface area contributed by atoms with Gasteiger partial charge in [0.25, 0.3) is 0 Å². The van der Waals surface area contributed by atoms with E-state index in [0.717, 1.165) is 32.5 Å². The topological polar surface area (TPSA) is 58.4 Å². The molecule has 0 aromatic rings. The predicted molar refractivity (Wildman–Crippen MR) is 77.8 cm³/mol. The van der Waals surface area contributed by atoms with Crippen LogP contribution in [0, 0.1) is 5.92 Å². The van der Waals surface area contributed by atoms with E-state index in [0.29, 0.717) is 12.0 Å². The van der Waals surface area contributed by atoms with Crippen LogP contribution in [-0.2, 0) is 4.79 Å². The van der Waals surface area contributed by atoms with Gasteiger partial charge in [0, 0.05) is 12.6 Å². The molecule has 0 aromatic heterocycles. The Labute approximate surface area is 117 Å². The second-order valence-electron chi connectivity index (χ2n) is 6.20. The van der Waals surface area contributed by atoms with Crippen molar-refractivity contribution in [2.24, 2.45) is 11.7 Å². The molecule has 110 valence electrons. The smallest absolute Gasteiger partial charge is 0.239 e. The zero-order chi connectivity index (χ0) is 13.9. The average molecular weight is 267 g/mol. The van der Waals surface area contributed by atoms with E-state index in [1.807, 2.05) is 0 Å². The summed E-state index contributed by atoms with van der Waals surface area (Å²) in [6.45, 7) is 7.01. The molecule has 2 aliphatic rings. The monoisotopic (exact) mass is 267 g/mol. The van der Waals surface area contributed by atoms with E-state index in [-0.39, 0.29) is 5.91 Å². The number of hydrogen-bond donors (Lipinski definition) is 2. The number of unbranched alkanes of at least 4 members (excludes halogenated alkanes) is 1. The molecule has 4 nitrogen and oxygen atoms in total. The molecule has 19 heavy (non-hydrogen) atoms. The van der Waals surface area contributed by atoms with E-state index in [9.17, 15) is 4.79 Å². The van der Waals surface area contributed by atoms with Crippen molar-refractivity contribution in [1.82, 2.24) is 10.2 Å². The molecule has 0 spiro atoms. The first kappa shape index (κ1) is 14.8. The Bertz CT molecular complexity index is 313. The Morgan fingerprint density at radius 3 is 2.42 bits per heavy atom. The van der Waals surface area contributed by atoms with Gasteiger partial charge in [-0.2, -0.15) is 0 Å². The maximum Gasteiger partial charge on any atom is 0.239 e. The molecular formula is C15H29N3O. The lowest BCUT2D eigenvalue weighted by molar-refractivity contribution is -0.126. The number of primary amides is 1. The highest BCUT2D eigenvalue weighted by Crippen LogP contribution is 2.41. The SMILES string of the molecule is CCCCN(CC(NCC)(C(N)=O)C1CC1)C1CC1. The number of carbonyl (C=O) groups is 1. The summed E-state index contributed by atoms with van der Waals surface area (Å²) in [5.74, 6) is 0.298. The number of carbonyl (C=O) groups excluding carboxylic acids is 1. The normalized spacial score (nSPS) is 22.5. The number of nitrogens with two attached hydrogens (primary N) is 1. The largest absolute Gasteiger partial charge is 0.368 e. The highest BCUT2D eigenvalue weighted by Gasteiger charge is 2.51. The summed E-state index contributed by atoms with van der Waals surface area (Å²) >= 11 is 0. The lowest BCUT2D eigenvalue weighted by Crippen LogP contribution is -2.63. The minimum Gasteiger partial charge on any atom is -0.368 e. The van der Waals surface area contributed by atoms with Gasteiger partial charge in [-0.15, -0.1) is 0 Å². The second-order valence-corrected chi connectivity index (χ2v) is 6.20. The molecule has 1 atom stereocenters. The Kier molecular flexibility index (Phi) is 4.85. The molecule has 0 radical (unpaired) electrons. The summed E-state index contributed by atoms with van der Waals surface area (Å²) in [5, 5.41) is 3.43. The first-order valence-corrected chi connectivity index (χ1v) is 7.93. The van der Waals surface area contributed by atoms with Crippen LogP contribution in [0.5, 0.6) is 0 Å². The van der Waals surface area contributed by atoms with E-state index >= 15 is 0 Å². The lowest BCUT2D eigenvalue weighted by atomic mass is 9.91. The van der Waals surface area contributed by atoms with E-state index in [1.165, 1.54) is 25.7 Å². The molecule has 1 amide bonds. The van der Waals surface area contributed by atoms with Gasteiger partial charge in [0.2, 0.25) is 5.91 Å². The van der Waals surface area contributed by atoms with Gasteiger partial charge in [-0.05, 0) is 51.1 Å². The molecule has 0 heterocycles. The van der Waals surface area contributed by atoms with Gasteiger partial charge < -0.3 is 11.1 Å². The molecule has 0 aromatic carbocycles. The molecule has 1 unspecified atom stereocenters. The van der Waals surface area contributed by atoms with E-state index in [4.69, 9.17) is 5.73 Å². The molecule has 2 aliphatic carbocycles. The van der Waals surface area contributed by atoms with Gasteiger partial charge in [-0.25, -0.2) is 0 Å². The Hall–Kier alpha value is -0.610. The van der Waals surface area contributed by atoms with Gasteiger partial charge in [-0.1, -0.05) is 20.3 Å². The van der Waals surface area contributed by atoms with Gasteiger partial charge in [-0.3, -0.25) is 9.69 Å². The van der Waals surface area contributed by atoms with Gasteiger partial charge in [0.1, 0.15) is 5.54 Å². The van der Waals surface area contributed by atoms with Crippen molar-refractivity contribution >= 4 is 5.91 Å². The van der Waals surface area contributed by atoms with E-state index in [2.05, 4.69) is 24.1 Å². The lowest BCUT2D eigenvalue weighted by Gasteiger charge is -2.37. The maximum atomic E-state index is 12.1. The third-order valence-electron chi connectivity index (χ3n) is 4.52. The molecule has 3 N–H and O–H groups in total. The molecule has 0 saturated heterocycles. The number of nitrogens with zero attached hydrogens (tertiary/aromatic N) is 1. The van der Waals surface area contributed by atoms with Crippen molar-refractivity contribution < 1.29 is 4.79 Å². The molecule has 2 saturated carbocycles. The number of amides is 1. The number of likely N-dealkylation sites (N-methyl/N-ethyl adjacent to an activating group) is 1. The standard InChI is InChI=1S/C15H29N3O/c1-3-5-10-18(13-8-9-13)11-15(14(16)19,17-4-2)12-6-7-12/h12-13,17H,3-11H2,1-2H3,(H2,16,19). The number of hydrogen-bond acceptors (Lipinski definition) is 3. The third-order valence-corrected chi connectivity index (χ3v) is 4.52. The van der Waals surface area contributed by atoms with Crippen molar-refractivity contribution in [1.29, 1.82) is 0 Å². The van der Waals surface area contributed by atoms with Crippen LogP contribution in [0.15, 0.2) is 0 Å². The highest BCUT2D eigenvalue weighted by molar-refractivity contribution is 5.86. The van der Waals surface area contributed by atoms with Crippen LogP contribution < -0.4 is 11.1 Å². The molecule has 2 rings (SSSR count). The molecule has 4 heteroatoms. The summed E-state index contributed by atoms with van der Waals surface area (Å²) in [6.07, 6.45) is 7.27. The number of nitrogens with one attached hydrogen (secondary N) is 1. The quantitative estimate of drug-likeness (QED) is 0.630. The zero-order valence-corrected chi connectivity index (χ0v) is 12.5. The predicted octanol–water partition coefficient (Wildman–Crippen LogP) is 1.49. The van der Waals surface area contributed by atoms with Crippen molar-refractivity contribution in [3.8, 4) is 0 Å². The zero-order valence-electron chi connectivity index (χ0n) is 12.5. The fourth-order valence-corrected chi connectivity index (χ4v) is 3.10. The minimum absolute atomic E-state index is 0.154. The van der Waals surface area contributed by atoms with E-state index in [1.54, 1.807) is 0 Å². The van der Waals surface area contributed by atoms with Crippen LogP contribution in [0.4, 0.5) is 0 Å². The summed E-state index contributed by atoms with van der Waals surface area (Å²) in [7, 11) is 0. The Morgan fingerprint density at radius 1 is 1.32 bits per heavy atom. The molecule has 0 bridgehead atoms. The maximum absolute atomic E-state index is 12.1. The van der Waals surface area contributed by atoms with E-state index < -0.39 is 5.54 Å². The van der Waals surface area contributed by atoms with Crippen molar-refractivity contribution in [3.05, 3.63) is 0 Å². The minimum atomic E-state index is -0.481. The average Bonchev–Trinajstić information content (AvgIpc) is 3.24. The summed E-state index contributed by atoms with van der Waals surface area (Å²) in [6, 6.07) is 0.697. The van der Waals surface area contributed by atoms with Crippen molar-refractivity contribution in [2.45, 2.75) is 64.0 Å². The molecule has 2 fully saturated rings. The highest BCUT2D eigenvalue weighted by atomic mass is 16.1. The van der Waals surface area contributed by atoms with Crippen LogP contribution >= 0.6 is 0 Å². The second kappa shape index (κ2) is 6.23. The van der Waals surface area contributed by atoms with Crippen LogP contribution in [0.3, 0.4) is 0 Å². The van der Waals surface area contributed by atoms with Crippen molar-refractivity contribution in [3.63, 3.8) is 0 Å². The summed E-state index contributed by atoms with van der Waals surface area (Å²) < 4.78 is 0.